The predicted molar refractivity (Wildman–Crippen MR) is 67.0 cm³/mol. The summed E-state index contributed by atoms with van der Waals surface area (Å²) in [5.74, 6) is -0.627. The summed E-state index contributed by atoms with van der Waals surface area (Å²) in [4.78, 5) is 18.4. The number of nitrogens with zero attached hydrogens (tertiary/aromatic N) is 4. The van der Waals surface area contributed by atoms with Crippen LogP contribution >= 0.6 is 11.3 Å². The van der Waals surface area contributed by atoms with E-state index in [9.17, 15) is 4.79 Å². The highest BCUT2D eigenvalue weighted by Crippen LogP contribution is 2.26. The molecule has 0 unspecified atom stereocenters. The molecule has 1 N–H and O–H groups in total. The summed E-state index contributed by atoms with van der Waals surface area (Å²) in [5.41, 5.74) is 1.30. The molecule has 0 radical (unpaired) electrons. The first kappa shape index (κ1) is 11.2. The quantitative estimate of drug-likeness (QED) is 0.880. The minimum absolute atomic E-state index is 0.149. The first-order valence-corrected chi connectivity index (χ1v) is 6.47. The van der Waals surface area contributed by atoms with Crippen LogP contribution in [0.25, 0.3) is 0 Å². The highest BCUT2D eigenvalue weighted by Gasteiger charge is 2.23. The SMILES string of the molecule is Cn1nc(C(=O)O)nc1N1CCc2sccc2C1. The van der Waals surface area contributed by atoms with Gasteiger partial charge in [-0.15, -0.1) is 16.4 Å². The Labute approximate surface area is 107 Å². The van der Waals surface area contributed by atoms with Crippen molar-refractivity contribution in [3.63, 3.8) is 0 Å². The minimum atomic E-state index is -1.09. The third-order valence-electron chi connectivity index (χ3n) is 3.02. The summed E-state index contributed by atoms with van der Waals surface area (Å²) in [7, 11) is 1.72. The summed E-state index contributed by atoms with van der Waals surface area (Å²) in [5, 5.41) is 14.9. The molecule has 0 saturated carbocycles. The zero-order valence-corrected chi connectivity index (χ0v) is 10.6. The number of thiophene rings is 1. The Morgan fingerprint density at radius 2 is 2.39 bits per heavy atom. The fraction of sp³-hybridized carbons (Fsp3) is 0.364. The predicted octanol–water partition coefficient (Wildman–Crippen LogP) is 1.14. The normalized spacial score (nSPS) is 14.6. The average molecular weight is 264 g/mol. The van der Waals surface area contributed by atoms with E-state index in [4.69, 9.17) is 5.11 Å². The van der Waals surface area contributed by atoms with Crippen LogP contribution in [0.3, 0.4) is 0 Å². The average Bonchev–Trinajstić information content (AvgIpc) is 2.93. The maximum atomic E-state index is 10.9. The number of rotatable bonds is 2. The Hall–Kier alpha value is -1.89. The van der Waals surface area contributed by atoms with Gasteiger partial charge in [0.25, 0.3) is 5.82 Å². The number of aryl methyl sites for hydroxylation is 1. The maximum absolute atomic E-state index is 10.9. The number of hydrogen-bond donors (Lipinski definition) is 1. The van der Waals surface area contributed by atoms with E-state index >= 15 is 0 Å². The molecule has 18 heavy (non-hydrogen) atoms. The molecule has 3 heterocycles. The molecular formula is C11H12N4O2S. The van der Waals surface area contributed by atoms with Crippen LogP contribution in [0.5, 0.6) is 0 Å². The zero-order chi connectivity index (χ0) is 12.7. The fourth-order valence-corrected chi connectivity index (χ4v) is 3.05. The van der Waals surface area contributed by atoms with Gasteiger partial charge in [-0.1, -0.05) is 0 Å². The van der Waals surface area contributed by atoms with Crippen LogP contribution in [0, 0.1) is 0 Å². The summed E-state index contributed by atoms with van der Waals surface area (Å²) >= 11 is 1.77. The summed E-state index contributed by atoms with van der Waals surface area (Å²) in [6.07, 6.45) is 0.974. The Balaban J connectivity index is 1.90. The van der Waals surface area contributed by atoms with Crippen molar-refractivity contribution in [2.45, 2.75) is 13.0 Å². The van der Waals surface area contributed by atoms with Crippen LogP contribution in [-0.4, -0.2) is 32.4 Å². The zero-order valence-electron chi connectivity index (χ0n) is 9.83. The molecule has 0 spiro atoms. The van der Waals surface area contributed by atoms with Crippen molar-refractivity contribution < 1.29 is 9.90 Å². The second kappa shape index (κ2) is 4.09. The number of aromatic nitrogens is 3. The van der Waals surface area contributed by atoms with Gasteiger partial charge in [0.15, 0.2) is 0 Å². The smallest absolute Gasteiger partial charge is 0.375 e. The Bertz CT molecular complexity index is 604. The van der Waals surface area contributed by atoms with Crippen LogP contribution in [-0.2, 0) is 20.0 Å². The van der Waals surface area contributed by atoms with E-state index in [2.05, 4.69) is 26.4 Å². The van der Waals surface area contributed by atoms with Crippen LogP contribution in [0.1, 0.15) is 21.1 Å². The van der Waals surface area contributed by atoms with Gasteiger partial charge >= 0.3 is 5.97 Å². The Morgan fingerprint density at radius 3 is 3.11 bits per heavy atom. The van der Waals surface area contributed by atoms with Gasteiger partial charge in [0, 0.05) is 25.0 Å². The van der Waals surface area contributed by atoms with Gasteiger partial charge in [0.1, 0.15) is 0 Å². The lowest BCUT2D eigenvalue weighted by atomic mass is 10.1. The number of carboxylic acids is 1. The van der Waals surface area contributed by atoms with Crippen molar-refractivity contribution in [2.24, 2.45) is 7.05 Å². The number of carboxylic acid groups (broad SMARTS) is 1. The molecule has 94 valence electrons. The van der Waals surface area contributed by atoms with Crippen molar-refractivity contribution in [1.82, 2.24) is 14.8 Å². The largest absolute Gasteiger partial charge is 0.475 e. The lowest BCUT2D eigenvalue weighted by Crippen LogP contribution is -2.31. The molecule has 1 aliphatic heterocycles. The highest BCUT2D eigenvalue weighted by atomic mass is 32.1. The van der Waals surface area contributed by atoms with Gasteiger partial charge < -0.3 is 10.0 Å². The summed E-state index contributed by atoms with van der Waals surface area (Å²) in [6.45, 7) is 1.61. The minimum Gasteiger partial charge on any atom is -0.475 e. The van der Waals surface area contributed by atoms with E-state index in [0.29, 0.717) is 5.95 Å². The van der Waals surface area contributed by atoms with E-state index in [1.54, 1.807) is 18.4 Å². The number of aromatic carboxylic acids is 1. The summed E-state index contributed by atoms with van der Waals surface area (Å²) < 4.78 is 1.53. The lowest BCUT2D eigenvalue weighted by Gasteiger charge is -2.27. The van der Waals surface area contributed by atoms with Crippen molar-refractivity contribution in [2.75, 3.05) is 11.4 Å². The first-order chi connectivity index (χ1) is 8.65. The van der Waals surface area contributed by atoms with E-state index < -0.39 is 5.97 Å². The standard InChI is InChI=1S/C11H12N4O2S/c1-14-11(12-9(13-14)10(16)17)15-4-2-8-7(6-15)3-5-18-8/h3,5H,2,4,6H2,1H3,(H,16,17). The van der Waals surface area contributed by atoms with E-state index in [-0.39, 0.29) is 5.82 Å². The van der Waals surface area contributed by atoms with Gasteiger partial charge in [-0.2, -0.15) is 4.98 Å². The topological polar surface area (TPSA) is 71.2 Å². The van der Waals surface area contributed by atoms with Crippen LogP contribution in [0.15, 0.2) is 11.4 Å². The monoisotopic (exact) mass is 264 g/mol. The van der Waals surface area contributed by atoms with Crippen molar-refractivity contribution in [1.29, 1.82) is 0 Å². The van der Waals surface area contributed by atoms with Gasteiger partial charge in [-0.05, 0) is 23.4 Å². The van der Waals surface area contributed by atoms with Crippen LogP contribution < -0.4 is 4.90 Å². The molecule has 0 bridgehead atoms. The molecular weight excluding hydrogens is 252 g/mol. The fourth-order valence-electron chi connectivity index (χ4n) is 2.16. The highest BCUT2D eigenvalue weighted by molar-refractivity contribution is 7.10. The molecule has 0 amide bonds. The van der Waals surface area contributed by atoms with E-state index in [0.717, 1.165) is 19.5 Å². The number of fused-ring (bicyclic) bond motifs is 1. The molecule has 0 aliphatic carbocycles. The summed E-state index contributed by atoms with van der Waals surface area (Å²) in [6, 6.07) is 2.11. The van der Waals surface area contributed by atoms with E-state index in [1.165, 1.54) is 15.1 Å². The third kappa shape index (κ3) is 1.76. The lowest BCUT2D eigenvalue weighted by molar-refractivity contribution is 0.0683. The third-order valence-corrected chi connectivity index (χ3v) is 4.04. The van der Waals surface area contributed by atoms with Crippen molar-refractivity contribution >= 4 is 23.3 Å². The second-order valence-corrected chi connectivity index (χ2v) is 5.21. The van der Waals surface area contributed by atoms with Gasteiger partial charge in [-0.3, -0.25) is 0 Å². The van der Waals surface area contributed by atoms with Crippen LogP contribution in [0.4, 0.5) is 5.95 Å². The molecule has 7 heteroatoms. The first-order valence-electron chi connectivity index (χ1n) is 5.59. The number of anilines is 1. The van der Waals surface area contributed by atoms with Crippen molar-refractivity contribution in [3.8, 4) is 0 Å². The molecule has 0 fully saturated rings. The molecule has 2 aromatic rings. The molecule has 0 aromatic carbocycles. The van der Waals surface area contributed by atoms with Gasteiger partial charge in [-0.25, -0.2) is 9.48 Å². The van der Waals surface area contributed by atoms with Gasteiger partial charge in [0.05, 0.1) is 0 Å². The maximum Gasteiger partial charge on any atom is 0.375 e. The molecule has 6 nitrogen and oxygen atoms in total. The molecule has 1 aliphatic rings. The number of hydrogen-bond acceptors (Lipinski definition) is 5. The molecule has 3 rings (SSSR count). The second-order valence-electron chi connectivity index (χ2n) is 4.20. The van der Waals surface area contributed by atoms with Gasteiger partial charge in [0.2, 0.25) is 5.95 Å². The van der Waals surface area contributed by atoms with Crippen molar-refractivity contribution in [3.05, 3.63) is 27.7 Å². The number of carbonyl (C=O) groups is 1. The molecule has 0 atom stereocenters. The Morgan fingerprint density at radius 1 is 1.56 bits per heavy atom. The molecule has 0 saturated heterocycles. The van der Waals surface area contributed by atoms with E-state index in [1.807, 2.05) is 0 Å². The molecule has 2 aromatic heterocycles. The Kier molecular flexibility index (Phi) is 2.55. The van der Waals surface area contributed by atoms with Crippen LogP contribution in [0.2, 0.25) is 0 Å².